The van der Waals surface area contributed by atoms with E-state index < -0.39 is 11.7 Å². The lowest BCUT2D eigenvalue weighted by molar-refractivity contribution is 0.101. The number of carbonyl (C=O) groups excluding carboxylic acids is 1. The summed E-state index contributed by atoms with van der Waals surface area (Å²) in [5.74, 6) is -0.297. The molecule has 0 saturated heterocycles. The Morgan fingerprint density at radius 1 is 1.15 bits per heavy atom. The van der Waals surface area contributed by atoms with Gasteiger partial charge in [-0.2, -0.15) is 5.10 Å². The highest BCUT2D eigenvalue weighted by Gasteiger charge is 2.12. The van der Waals surface area contributed by atoms with Crippen LogP contribution in [0.25, 0.3) is 0 Å². The molecule has 0 aliphatic rings. The second-order valence-electron chi connectivity index (χ2n) is 5.85. The lowest BCUT2D eigenvalue weighted by atomic mass is 10.2. The minimum absolute atomic E-state index is 0.0537. The zero-order valence-corrected chi connectivity index (χ0v) is 14.7. The van der Waals surface area contributed by atoms with Gasteiger partial charge < -0.3 is 10.1 Å². The number of halogens is 1. The molecule has 0 aliphatic heterocycles. The molecule has 27 heavy (non-hydrogen) atoms. The number of aromatic nitrogens is 2. The third-order valence-electron chi connectivity index (χ3n) is 3.86. The second kappa shape index (κ2) is 8.27. The Morgan fingerprint density at radius 3 is 2.70 bits per heavy atom. The molecule has 0 fully saturated rings. The standard InChI is InChI=1S/C20H18FN3O3/c1-14-7-8-15(21)13-18(14)22-20(26)17-9-10-19(25)24(23-17)11-12-27-16-5-3-2-4-6-16/h2-10,13H,11-12H2,1H3,(H,22,26). The number of hydrogen-bond donors (Lipinski definition) is 1. The number of anilines is 1. The van der Waals surface area contributed by atoms with Crippen molar-refractivity contribution in [1.29, 1.82) is 0 Å². The predicted octanol–water partition coefficient (Wildman–Crippen LogP) is 3.02. The van der Waals surface area contributed by atoms with Crippen LogP contribution >= 0.6 is 0 Å². The van der Waals surface area contributed by atoms with E-state index in [0.717, 1.165) is 4.68 Å². The molecule has 1 N–H and O–H groups in total. The van der Waals surface area contributed by atoms with Crippen LogP contribution in [0.4, 0.5) is 10.1 Å². The number of rotatable bonds is 6. The zero-order chi connectivity index (χ0) is 19.2. The van der Waals surface area contributed by atoms with E-state index in [4.69, 9.17) is 4.74 Å². The van der Waals surface area contributed by atoms with Crippen molar-refractivity contribution in [1.82, 2.24) is 9.78 Å². The maximum Gasteiger partial charge on any atom is 0.276 e. The summed E-state index contributed by atoms with van der Waals surface area (Å²) in [6, 6.07) is 15.9. The molecule has 0 bridgehead atoms. The molecule has 1 heterocycles. The molecule has 0 atom stereocenters. The Labute approximate surface area is 155 Å². The highest BCUT2D eigenvalue weighted by atomic mass is 19.1. The number of ether oxygens (including phenoxy) is 1. The van der Waals surface area contributed by atoms with Gasteiger partial charge in [0.25, 0.3) is 11.5 Å². The SMILES string of the molecule is Cc1ccc(F)cc1NC(=O)c1ccc(=O)n(CCOc2ccccc2)n1. The molecule has 138 valence electrons. The zero-order valence-electron chi connectivity index (χ0n) is 14.7. The van der Waals surface area contributed by atoms with Gasteiger partial charge in [0.1, 0.15) is 23.9 Å². The van der Waals surface area contributed by atoms with Crippen LogP contribution in [0.2, 0.25) is 0 Å². The summed E-state index contributed by atoms with van der Waals surface area (Å²) in [4.78, 5) is 24.4. The molecule has 1 amide bonds. The van der Waals surface area contributed by atoms with Crippen LogP contribution < -0.4 is 15.6 Å². The summed E-state index contributed by atoms with van der Waals surface area (Å²) in [6.45, 7) is 2.17. The van der Waals surface area contributed by atoms with Crippen LogP contribution in [-0.4, -0.2) is 22.3 Å². The Hall–Kier alpha value is -3.48. The van der Waals surface area contributed by atoms with E-state index in [-0.39, 0.29) is 24.4 Å². The van der Waals surface area contributed by atoms with Crippen LogP contribution in [0.1, 0.15) is 16.1 Å². The first-order valence-electron chi connectivity index (χ1n) is 8.36. The maximum absolute atomic E-state index is 13.4. The van der Waals surface area contributed by atoms with E-state index >= 15 is 0 Å². The Balaban J connectivity index is 1.69. The molecule has 3 rings (SSSR count). The van der Waals surface area contributed by atoms with Gasteiger partial charge in [-0.1, -0.05) is 24.3 Å². The van der Waals surface area contributed by atoms with E-state index in [1.54, 1.807) is 25.1 Å². The minimum atomic E-state index is -0.526. The first kappa shape index (κ1) is 18.3. The van der Waals surface area contributed by atoms with Crippen LogP contribution in [0.3, 0.4) is 0 Å². The average Bonchev–Trinajstić information content (AvgIpc) is 2.67. The summed E-state index contributed by atoms with van der Waals surface area (Å²) in [6.07, 6.45) is 0. The summed E-state index contributed by atoms with van der Waals surface area (Å²) in [7, 11) is 0. The Morgan fingerprint density at radius 2 is 1.93 bits per heavy atom. The number of aryl methyl sites for hydroxylation is 1. The summed E-state index contributed by atoms with van der Waals surface area (Å²) < 4.78 is 20.1. The normalized spacial score (nSPS) is 10.4. The molecule has 3 aromatic rings. The number of nitrogens with one attached hydrogen (secondary N) is 1. The van der Waals surface area contributed by atoms with E-state index in [9.17, 15) is 14.0 Å². The number of benzene rings is 2. The van der Waals surface area contributed by atoms with Crippen molar-refractivity contribution < 1.29 is 13.9 Å². The van der Waals surface area contributed by atoms with Gasteiger partial charge in [0.05, 0.1) is 6.54 Å². The fourth-order valence-corrected chi connectivity index (χ4v) is 2.41. The van der Waals surface area contributed by atoms with E-state index in [1.807, 2.05) is 18.2 Å². The van der Waals surface area contributed by atoms with Gasteiger partial charge in [0.15, 0.2) is 0 Å². The smallest absolute Gasteiger partial charge is 0.276 e. The van der Waals surface area contributed by atoms with Crippen LogP contribution in [0.5, 0.6) is 5.75 Å². The van der Waals surface area contributed by atoms with Gasteiger partial charge in [0.2, 0.25) is 0 Å². The molecule has 0 aliphatic carbocycles. The number of amides is 1. The first-order chi connectivity index (χ1) is 13.0. The quantitative estimate of drug-likeness (QED) is 0.727. The predicted molar refractivity (Wildman–Crippen MR) is 99.5 cm³/mol. The summed E-state index contributed by atoms with van der Waals surface area (Å²) >= 11 is 0. The second-order valence-corrected chi connectivity index (χ2v) is 5.85. The largest absolute Gasteiger partial charge is 0.492 e. The Kier molecular flexibility index (Phi) is 5.61. The third-order valence-corrected chi connectivity index (χ3v) is 3.86. The van der Waals surface area contributed by atoms with Gasteiger partial charge in [-0.25, -0.2) is 9.07 Å². The molecule has 1 aromatic heterocycles. The molecular weight excluding hydrogens is 349 g/mol. The highest BCUT2D eigenvalue weighted by molar-refractivity contribution is 6.03. The molecule has 6 nitrogen and oxygen atoms in total. The molecule has 0 spiro atoms. The van der Waals surface area contributed by atoms with Gasteiger partial charge in [-0.05, 0) is 42.8 Å². The van der Waals surface area contributed by atoms with Crippen LogP contribution in [0, 0.1) is 12.7 Å². The highest BCUT2D eigenvalue weighted by Crippen LogP contribution is 2.16. The molecule has 0 radical (unpaired) electrons. The van der Waals surface area contributed by atoms with Crippen molar-refractivity contribution in [3.05, 3.63) is 88.1 Å². The van der Waals surface area contributed by atoms with Crippen molar-refractivity contribution in [3.8, 4) is 5.75 Å². The molecule has 0 saturated carbocycles. The number of carbonyl (C=O) groups is 1. The van der Waals surface area contributed by atoms with Gasteiger partial charge in [0, 0.05) is 11.8 Å². The lowest BCUT2D eigenvalue weighted by Crippen LogP contribution is -2.28. The molecule has 0 unspecified atom stereocenters. The van der Waals surface area contributed by atoms with Crippen molar-refractivity contribution in [2.45, 2.75) is 13.5 Å². The third kappa shape index (κ3) is 4.78. The molecular formula is C20H18FN3O3. The van der Waals surface area contributed by atoms with Crippen LogP contribution in [0.15, 0.2) is 65.5 Å². The van der Waals surface area contributed by atoms with Crippen molar-refractivity contribution in [2.24, 2.45) is 0 Å². The van der Waals surface area contributed by atoms with E-state index in [0.29, 0.717) is 17.0 Å². The van der Waals surface area contributed by atoms with Crippen molar-refractivity contribution in [2.75, 3.05) is 11.9 Å². The minimum Gasteiger partial charge on any atom is -0.492 e. The molecule has 7 heteroatoms. The van der Waals surface area contributed by atoms with Crippen molar-refractivity contribution >= 4 is 11.6 Å². The van der Waals surface area contributed by atoms with Gasteiger partial charge >= 0.3 is 0 Å². The lowest BCUT2D eigenvalue weighted by Gasteiger charge is -2.10. The maximum atomic E-state index is 13.4. The number of nitrogens with zero attached hydrogens (tertiary/aromatic N) is 2. The fourth-order valence-electron chi connectivity index (χ4n) is 2.41. The van der Waals surface area contributed by atoms with Crippen LogP contribution in [-0.2, 0) is 6.54 Å². The molecule has 2 aromatic carbocycles. The number of para-hydroxylation sites is 1. The van der Waals surface area contributed by atoms with Gasteiger partial charge in [-0.3, -0.25) is 9.59 Å². The van der Waals surface area contributed by atoms with E-state index in [1.165, 1.54) is 24.3 Å². The van der Waals surface area contributed by atoms with Gasteiger partial charge in [-0.15, -0.1) is 0 Å². The fraction of sp³-hybridized carbons (Fsp3) is 0.150. The monoisotopic (exact) mass is 367 g/mol. The van der Waals surface area contributed by atoms with Crippen molar-refractivity contribution in [3.63, 3.8) is 0 Å². The summed E-state index contributed by atoms with van der Waals surface area (Å²) in [5.41, 5.74) is 0.782. The Bertz CT molecular complexity index is 1000. The summed E-state index contributed by atoms with van der Waals surface area (Å²) in [5, 5.41) is 6.68. The average molecular weight is 367 g/mol. The van der Waals surface area contributed by atoms with E-state index in [2.05, 4.69) is 10.4 Å². The topological polar surface area (TPSA) is 73.2 Å². The number of hydrogen-bond acceptors (Lipinski definition) is 4. The first-order valence-corrected chi connectivity index (χ1v) is 8.36.